The summed E-state index contributed by atoms with van der Waals surface area (Å²) in [4.78, 5) is 29.1. The van der Waals surface area contributed by atoms with Gasteiger partial charge < -0.3 is 0 Å². The van der Waals surface area contributed by atoms with Crippen LogP contribution in [-0.2, 0) is 0 Å². The van der Waals surface area contributed by atoms with Crippen molar-refractivity contribution in [2.45, 2.75) is 54.9 Å². The first-order chi connectivity index (χ1) is 8.18. The first kappa shape index (κ1) is 16.8. The molecule has 0 heterocycles. The van der Waals surface area contributed by atoms with Gasteiger partial charge in [-0.25, -0.2) is 0 Å². The second-order valence-corrected chi connectivity index (χ2v) is 9.76. The summed E-state index contributed by atoms with van der Waals surface area (Å²) in [7, 11) is -4.26. The van der Waals surface area contributed by atoms with E-state index in [0.29, 0.717) is 5.31 Å². The van der Waals surface area contributed by atoms with E-state index in [0.717, 1.165) is 12.0 Å². The van der Waals surface area contributed by atoms with Gasteiger partial charge in [-0.05, 0) is 0 Å². The monoisotopic (exact) mass is 288 g/mol. The van der Waals surface area contributed by atoms with Crippen LogP contribution < -0.4 is 0 Å². The normalized spacial score (nSPS) is 26.8. The summed E-state index contributed by atoms with van der Waals surface area (Å²) in [5.41, 5.74) is 0.764. The summed E-state index contributed by atoms with van der Waals surface area (Å²) in [6.45, 7) is 14.9. The Bertz CT molecular complexity index is 416. The standard InChI is InChI=1S/C15H29O3P/c1-13(2,3)11-10-15(7,14(4,5)6)9-8-12(11)19(16,17)18/h8-9,16-19H,10H2,1-7H3. The van der Waals surface area contributed by atoms with E-state index < -0.39 is 7.94 Å². The van der Waals surface area contributed by atoms with E-state index in [4.69, 9.17) is 0 Å². The molecule has 3 nitrogen and oxygen atoms in total. The van der Waals surface area contributed by atoms with E-state index in [9.17, 15) is 14.7 Å². The molecule has 1 unspecified atom stereocenters. The van der Waals surface area contributed by atoms with Crippen LogP contribution in [0.5, 0.6) is 0 Å². The molecule has 0 aromatic rings. The third kappa shape index (κ3) is 3.46. The SMILES string of the molecule is CC(C)(C)C1=C([PH](O)(O)O)C=CC(C)(C(C)(C)C)C1. The van der Waals surface area contributed by atoms with Gasteiger partial charge >= 0.3 is 117 Å². The first-order valence-electron chi connectivity index (χ1n) is 6.79. The molecule has 1 aliphatic carbocycles. The molecular weight excluding hydrogens is 259 g/mol. The Hall–Kier alpha value is -0.210. The molecule has 0 saturated carbocycles. The van der Waals surface area contributed by atoms with Crippen LogP contribution >= 0.6 is 7.94 Å². The van der Waals surface area contributed by atoms with Crippen LogP contribution in [0.25, 0.3) is 0 Å². The van der Waals surface area contributed by atoms with E-state index in [1.165, 1.54) is 0 Å². The summed E-state index contributed by atoms with van der Waals surface area (Å²) in [5.74, 6) is 0. The molecule has 1 atom stereocenters. The van der Waals surface area contributed by atoms with Crippen LogP contribution in [0.3, 0.4) is 0 Å². The van der Waals surface area contributed by atoms with Crippen molar-refractivity contribution in [3.63, 3.8) is 0 Å². The fraction of sp³-hybridized carbons (Fsp3) is 0.733. The van der Waals surface area contributed by atoms with Crippen molar-refractivity contribution in [3.8, 4) is 0 Å². The Morgan fingerprint density at radius 2 is 1.53 bits per heavy atom. The van der Waals surface area contributed by atoms with E-state index in [2.05, 4.69) is 27.7 Å². The van der Waals surface area contributed by atoms with E-state index >= 15 is 0 Å². The molecule has 0 aliphatic heterocycles. The van der Waals surface area contributed by atoms with Crippen molar-refractivity contribution < 1.29 is 14.7 Å². The van der Waals surface area contributed by atoms with Crippen molar-refractivity contribution in [2.75, 3.05) is 0 Å². The zero-order valence-corrected chi connectivity index (χ0v) is 14.2. The Labute approximate surface area is 117 Å². The fourth-order valence-corrected chi connectivity index (χ4v) is 3.56. The van der Waals surface area contributed by atoms with Crippen molar-refractivity contribution in [2.24, 2.45) is 16.2 Å². The minimum atomic E-state index is -4.26. The molecule has 3 N–H and O–H groups in total. The Balaban J connectivity index is 3.37. The van der Waals surface area contributed by atoms with Crippen LogP contribution in [0.2, 0.25) is 0 Å². The van der Waals surface area contributed by atoms with Crippen LogP contribution in [-0.4, -0.2) is 14.7 Å². The molecule has 19 heavy (non-hydrogen) atoms. The van der Waals surface area contributed by atoms with Gasteiger partial charge in [0.25, 0.3) is 0 Å². The molecule has 0 aromatic carbocycles. The Kier molecular flexibility index (Phi) is 4.13. The van der Waals surface area contributed by atoms with Gasteiger partial charge in [0.05, 0.1) is 0 Å². The fourth-order valence-electron chi connectivity index (χ4n) is 2.39. The van der Waals surface area contributed by atoms with Crippen LogP contribution in [0.15, 0.2) is 23.0 Å². The van der Waals surface area contributed by atoms with Gasteiger partial charge in [-0.15, -0.1) is 0 Å². The quantitative estimate of drug-likeness (QED) is 0.644. The zero-order chi connectivity index (χ0) is 15.3. The van der Waals surface area contributed by atoms with Gasteiger partial charge in [-0.1, -0.05) is 0 Å². The van der Waals surface area contributed by atoms with E-state index in [-0.39, 0.29) is 16.2 Å². The van der Waals surface area contributed by atoms with Gasteiger partial charge in [-0.3, -0.25) is 0 Å². The predicted molar refractivity (Wildman–Crippen MR) is 82.8 cm³/mol. The first-order valence-corrected chi connectivity index (χ1v) is 8.63. The van der Waals surface area contributed by atoms with E-state index in [1.54, 1.807) is 6.08 Å². The minimum absolute atomic E-state index is 0.0568. The average molecular weight is 288 g/mol. The number of rotatable bonds is 1. The molecular formula is C15H29O3P. The molecule has 1 aliphatic rings. The second kappa shape index (κ2) is 4.66. The maximum absolute atomic E-state index is 9.69. The predicted octanol–water partition coefficient (Wildman–Crippen LogP) is 3.77. The number of hydrogen-bond acceptors (Lipinski definition) is 3. The van der Waals surface area contributed by atoms with Crippen molar-refractivity contribution in [1.29, 1.82) is 0 Å². The van der Waals surface area contributed by atoms with Crippen molar-refractivity contribution in [1.82, 2.24) is 0 Å². The molecule has 0 spiro atoms. The molecule has 0 fully saturated rings. The summed E-state index contributed by atoms with van der Waals surface area (Å²) in [6.07, 6.45) is 4.48. The van der Waals surface area contributed by atoms with Gasteiger partial charge in [-0.2, -0.15) is 0 Å². The van der Waals surface area contributed by atoms with Crippen molar-refractivity contribution >= 4 is 7.94 Å². The van der Waals surface area contributed by atoms with Gasteiger partial charge in [0.1, 0.15) is 0 Å². The van der Waals surface area contributed by atoms with E-state index in [1.807, 2.05) is 26.8 Å². The molecule has 0 aromatic heterocycles. The topological polar surface area (TPSA) is 60.7 Å². The summed E-state index contributed by atoms with van der Waals surface area (Å²) in [5, 5.41) is 0.349. The van der Waals surface area contributed by atoms with Crippen LogP contribution in [0.1, 0.15) is 54.9 Å². The van der Waals surface area contributed by atoms with Gasteiger partial charge in [0.15, 0.2) is 0 Å². The van der Waals surface area contributed by atoms with Crippen molar-refractivity contribution in [3.05, 3.63) is 23.0 Å². The van der Waals surface area contributed by atoms with Crippen LogP contribution in [0.4, 0.5) is 0 Å². The summed E-state index contributed by atoms with van der Waals surface area (Å²) < 4.78 is 0. The third-order valence-electron chi connectivity index (χ3n) is 4.47. The number of hydrogen-bond donors (Lipinski definition) is 3. The zero-order valence-electron chi connectivity index (χ0n) is 13.2. The van der Waals surface area contributed by atoms with Crippen LogP contribution in [0, 0.1) is 16.2 Å². The molecule has 0 bridgehead atoms. The van der Waals surface area contributed by atoms with Gasteiger partial charge in [0, 0.05) is 0 Å². The van der Waals surface area contributed by atoms with Gasteiger partial charge in [0.2, 0.25) is 0 Å². The Morgan fingerprint density at radius 3 is 1.84 bits per heavy atom. The molecule has 0 saturated heterocycles. The summed E-state index contributed by atoms with van der Waals surface area (Å²) >= 11 is 0. The molecule has 4 heteroatoms. The molecule has 112 valence electrons. The Morgan fingerprint density at radius 1 is 1.05 bits per heavy atom. The third-order valence-corrected chi connectivity index (χ3v) is 5.66. The average Bonchev–Trinajstić information content (AvgIpc) is 2.12. The summed E-state index contributed by atoms with van der Waals surface area (Å²) in [6, 6.07) is 0. The number of allylic oxidation sites excluding steroid dienone is 4. The molecule has 0 amide bonds. The molecule has 1 rings (SSSR count). The molecule has 0 radical (unpaired) electrons. The maximum atomic E-state index is 9.69. The second-order valence-electron chi connectivity index (χ2n) is 7.96.